The molecule has 0 bridgehead atoms. The summed E-state index contributed by atoms with van der Waals surface area (Å²) >= 11 is 0. The lowest BCUT2D eigenvalue weighted by atomic mass is 9.87. The van der Waals surface area contributed by atoms with Crippen LogP contribution < -0.4 is 5.32 Å². The van der Waals surface area contributed by atoms with Crippen LogP contribution in [0.2, 0.25) is 0 Å². The third-order valence-corrected chi connectivity index (χ3v) is 4.35. The average Bonchev–Trinajstić information content (AvgIpc) is 2.56. The van der Waals surface area contributed by atoms with E-state index in [1.54, 1.807) is 7.11 Å². The third-order valence-electron chi connectivity index (χ3n) is 4.35. The van der Waals surface area contributed by atoms with E-state index in [0.29, 0.717) is 24.0 Å². The van der Waals surface area contributed by atoms with Gasteiger partial charge in [-0.05, 0) is 31.6 Å². The van der Waals surface area contributed by atoms with Crippen molar-refractivity contribution in [3.05, 3.63) is 0 Å². The molecule has 0 aromatic rings. The SMILES string of the molecule is CCCC1NC(CC(C)C)N(C2CC(OC)C2)C1=O. The van der Waals surface area contributed by atoms with Gasteiger partial charge in [0, 0.05) is 13.2 Å². The molecule has 2 rings (SSSR count). The summed E-state index contributed by atoms with van der Waals surface area (Å²) in [4.78, 5) is 14.7. The van der Waals surface area contributed by atoms with Crippen LogP contribution in [0.5, 0.6) is 0 Å². The summed E-state index contributed by atoms with van der Waals surface area (Å²) in [6.07, 6.45) is 5.62. The zero-order chi connectivity index (χ0) is 14.0. The van der Waals surface area contributed by atoms with Crippen molar-refractivity contribution in [2.24, 2.45) is 5.92 Å². The number of carbonyl (C=O) groups is 1. The van der Waals surface area contributed by atoms with E-state index < -0.39 is 0 Å². The molecule has 1 aliphatic carbocycles. The molecule has 2 fully saturated rings. The van der Waals surface area contributed by atoms with Gasteiger partial charge < -0.3 is 9.64 Å². The maximum absolute atomic E-state index is 12.5. The smallest absolute Gasteiger partial charge is 0.241 e. The Hall–Kier alpha value is -0.610. The average molecular weight is 268 g/mol. The topological polar surface area (TPSA) is 41.6 Å². The van der Waals surface area contributed by atoms with E-state index in [1.807, 2.05) is 0 Å². The summed E-state index contributed by atoms with van der Waals surface area (Å²) in [6, 6.07) is 0.422. The molecule has 1 amide bonds. The number of hydrogen-bond acceptors (Lipinski definition) is 3. The first-order valence-electron chi connectivity index (χ1n) is 7.67. The quantitative estimate of drug-likeness (QED) is 0.802. The Kier molecular flexibility index (Phi) is 4.85. The van der Waals surface area contributed by atoms with Gasteiger partial charge in [0.15, 0.2) is 0 Å². The van der Waals surface area contributed by atoms with Crippen molar-refractivity contribution >= 4 is 5.91 Å². The molecule has 0 spiro atoms. The molecule has 1 saturated carbocycles. The lowest BCUT2D eigenvalue weighted by molar-refractivity contribution is -0.138. The maximum atomic E-state index is 12.5. The van der Waals surface area contributed by atoms with Crippen molar-refractivity contribution in [2.45, 2.75) is 77.2 Å². The predicted molar refractivity (Wildman–Crippen MR) is 75.7 cm³/mol. The molecule has 2 unspecified atom stereocenters. The summed E-state index contributed by atoms with van der Waals surface area (Å²) in [5, 5.41) is 3.54. The molecule has 1 N–H and O–H groups in total. The first-order valence-corrected chi connectivity index (χ1v) is 7.67. The van der Waals surface area contributed by atoms with Crippen molar-refractivity contribution in [2.75, 3.05) is 7.11 Å². The highest BCUT2D eigenvalue weighted by molar-refractivity contribution is 5.84. The van der Waals surface area contributed by atoms with Crippen molar-refractivity contribution < 1.29 is 9.53 Å². The fraction of sp³-hybridized carbons (Fsp3) is 0.933. The summed E-state index contributed by atoms with van der Waals surface area (Å²) in [7, 11) is 1.76. The van der Waals surface area contributed by atoms with Crippen LogP contribution in [0.1, 0.15) is 52.9 Å². The van der Waals surface area contributed by atoms with Gasteiger partial charge >= 0.3 is 0 Å². The van der Waals surface area contributed by atoms with E-state index in [1.165, 1.54) is 0 Å². The second-order valence-corrected chi connectivity index (χ2v) is 6.38. The molecule has 4 nitrogen and oxygen atoms in total. The molecular formula is C15H28N2O2. The highest BCUT2D eigenvalue weighted by atomic mass is 16.5. The molecule has 2 atom stereocenters. The number of nitrogens with zero attached hydrogens (tertiary/aromatic N) is 1. The Labute approximate surface area is 116 Å². The first kappa shape index (κ1) is 14.8. The predicted octanol–water partition coefficient (Wildman–Crippen LogP) is 2.14. The minimum atomic E-state index is 0.0374. The van der Waals surface area contributed by atoms with Crippen LogP contribution in [-0.4, -0.2) is 42.3 Å². The van der Waals surface area contributed by atoms with Gasteiger partial charge in [-0.15, -0.1) is 0 Å². The van der Waals surface area contributed by atoms with E-state index in [2.05, 4.69) is 31.0 Å². The highest BCUT2D eigenvalue weighted by Crippen LogP contribution is 2.33. The number of amides is 1. The van der Waals surface area contributed by atoms with Crippen molar-refractivity contribution in [3.8, 4) is 0 Å². The Morgan fingerprint density at radius 2 is 2.11 bits per heavy atom. The van der Waals surface area contributed by atoms with E-state index in [-0.39, 0.29) is 12.2 Å². The van der Waals surface area contributed by atoms with Crippen LogP contribution in [0.25, 0.3) is 0 Å². The van der Waals surface area contributed by atoms with Crippen LogP contribution in [0.15, 0.2) is 0 Å². The molecule has 19 heavy (non-hydrogen) atoms. The lowest BCUT2D eigenvalue weighted by Crippen LogP contribution is -2.53. The molecule has 110 valence electrons. The Morgan fingerprint density at radius 3 is 2.63 bits per heavy atom. The molecule has 4 heteroatoms. The first-order chi connectivity index (χ1) is 9.06. The van der Waals surface area contributed by atoms with Gasteiger partial charge in [0.1, 0.15) is 0 Å². The largest absolute Gasteiger partial charge is 0.381 e. The molecule has 1 heterocycles. The van der Waals surface area contributed by atoms with Crippen LogP contribution in [0, 0.1) is 5.92 Å². The van der Waals surface area contributed by atoms with E-state index in [9.17, 15) is 4.79 Å². The zero-order valence-corrected chi connectivity index (χ0v) is 12.7. The van der Waals surface area contributed by atoms with Crippen molar-refractivity contribution in [3.63, 3.8) is 0 Å². The summed E-state index contributed by atoms with van der Waals surface area (Å²) in [5.41, 5.74) is 0. The Balaban J connectivity index is 2.01. The molecule has 0 radical (unpaired) electrons. The van der Waals surface area contributed by atoms with Crippen LogP contribution in [0.3, 0.4) is 0 Å². The lowest BCUT2D eigenvalue weighted by Gasteiger charge is -2.43. The fourth-order valence-electron chi connectivity index (χ4n) is 3.23. The number of carbonyl (C=O) groups excluding carboxylic acids is 1. The fourth-order valence-corrected chi connectivity index (χ4v) is 3.23. The van der Waals surface area contributed by atoms with Gasteiger partial charge in [-0.25, -0.2) is 0 Å². The van der Waals surface area contributed by atoms with Gasteiger partial charge in [0.2, 0.25) is 5.91 Å². The van der Waals surface area contributed by atoms with Crippen LogP contribution in [0.4, 0.5) is 0 Å². The van der Waals surface area contributed by atoms with E-state index >= 15 is 0 Å². The summed E-state index contributed by atoms with van der Waals surface area (Å²) in [6.45, 7) is 6.58. The van der Waals surface area contributed by atoms with Crippen LogP contribution >= 0.6 is 0 Å². The number of hydrogen-bond donors (Lipinski definition) is 1. The maximum Gasteiger partial charge on any atom is 0.241 e. The molecule has 0 aromatic carbocycles. The van der Waals surface area contributed by atoms with Gasteiger partial charge in [0.25, 0.3) is 0 Å². The van der Waals surface area contributed by atoms with E-state index in [0.717, 1.165) is 32.1 Å². The minimum absolute atomic E-state index is 0.0374. The van der Waals surface area contributed by atoms with Gasteiger partial charge in [0.05, 0.1) is 18.3 Å². The second-order valence-electron chi connectivity index (χ2n) is 6.38. The van der Waals surface area contributed by atoms with Crippen LogP contribution in [-0.2, 0) is 9.53 Å². The Morgan fingerprint density at radius 1 is 1.42 bits per heavy atom. The van der Waals surface area contributed by atoms with Crippen molar-refractivity contribution in [1.29, 1.82) is 0 Å². The number of nitrogens with one attached hydrogen (secondary N) is 1. The summed E-state index contributed by atoms with van der Waals surface area (Å²) in [5.74, 6) is 0.915. The van der Waals surface area contributed by atoms with E-state index in [4.69, 9.17) is 4.74 Å². The second kappa shape index (κ2) is 6.23. The normalized spacial score (nSPS) is 35.0. The monoisotopic (exact) mass is 268 g/mol. The number of methoxy groups -OCH3 is 1. The van der Waals surface area contributed by atoms with Gasteiger partial charge in [-0.3, -0.25) is 10.1 Å². The molecule has 2 aliphatic rings. The number of rotatable bonds is 6. The van der Waals surface area contributed by atoms with Crippen molar-refractivity contribution in [1.82, 2.24) is 10.2 Å². The minimum Gasteiger partial charge on any atom is -0.381 e. The van der Waals surface area contributed by atoms with Gasteiger partial charge in [-0.2, -0.15) is 0 Å². The van der Waals surface area contributed by atoms with Gasteiger partial charge in [-0.1, -0.05) is 27.2 Å². The number of ether oxygens (including phenoxy) is 1. The highest BCUT2D eigenvalue weighted by Gasteiger charge is 2.46. The molecule has 1 aliphatic heterocycles. The Bertz CT molecular complexity index is 313. The molecule has 1 saturated heterocycles. The zero-order valence-electron chi connectivity index (χ0n) is 12.7. The standard InChI is InChI=1S/C15H28N2O2/c1-5-6-13-15(18)17(11-8-12(9-11)19-4)14(16-13)7-10(2)3/h10-14,16H,5-9H2,1-4H3. The molecular weight excluding hydrogens is 240 g/mol. The molecule has 0 aromatic heterocycles. The summed E-state index contributed by atoms with van der Waals surface area (Å²) < 4.78 is 5.34. The third kappa shape index (κ3) is 3.11.